The van der Waals surface area contributed by atoms with Crippen molar-refractivity contribution in [1.29, 1.82) is 0 Å². The summed E-state index contributed by atoms with van der Waals surface area (Å²) in [6.07, 6.45) is 19.8. The molecule has 1 rings (SSSR count). The molecule has 30 heavy (non-hydrogen) atoms. The van der Waals surface area contributed by atoms with Gasteiger partial charge < -0.3 is 14.9 Å². The molecule has 1 fully saturated rings. The minimum Gasteiger partial charge on any atom is -0.481 e. The quantitative estimate of drug-likeness (QED) is 0.186. The summed E-state index contributed by atoms with van der Waals surface area (Å²) < 4.78 is 5.55. The fourth-order valence-electron chi connectivity index (χ4n) is 4.38. The molecule has 0 bridgehead atoms. The van der Waals surface area contributed by atoms with Crippen LogP contribution in [0.1, 0.15) is 97.3 Å². The topological polar surface area (TPSA) is 83.8 Å². The molecule has 0 spiro atoms. The van der Waals surface area contributed by atoms with Gasteiger partial charge in [0.1, 0.15) is 6.10 Å². The lowest BCUT2D eigenvalue weighted by atomic mass is 9.87. The summed E-state index contributed by atoms with van der Waals surface area (Å²) in [6, 6.07) is 0. The summed E-state index contributed by atoms with van der Waals surface area (Å²) in [5.74, 6) is -0.563. The van der Waals surface area contributed by atoms with E-state index < -0.39 is 12.1 Å². The van der Waals surface area contributed by atoms with E-state index >= 15 is 0 Å². The van der Waals surface area contributed by atoms with Gasteiger partial charge in [0.15, 0.2) is 0 Å². The molecule has 4 atom stereocenters. The van der Waals surface area contributed by atoms with E-state index in [1.165, 1.54) is 39.0 Å². The van der Waals surface area contributed by atoms with Gasteiger partial charge in [-0.15, -0.1) is 0 Å². The standard InChI is InChI=1S/C25H42O5/c1-3-4-5-6-7-8-15-22(27)16-10-9-13-21-14-11-17-23(21)24(30-20(2)26)18-12-19-25(28)29/h9-10,13,16,21-24,27H,3-8,11-12,14-15,17-19H2,1-2H3,(H,28,29). The molecule has 0 saturated heterocycles. The smallest absolute Gasteiger partial charge is 0.303 e. The highest BCUT2D eigenvalue weighted by molar-refractivity contribution is 5.67. The number of ether oxygens (including phenoxy) is 1. The lowest BCUT2D eigenvalue weighted by molar-refractivity contribution is -0.150. The first-order valence-corrected chi connectivity index (χ1v) is 11.9. The van der Waals surface area contributed by atoms with Crippen LogP contribution in [-0.2, 0) is 14.3 Å². The van der Waals surface area contributed by atoms with Gasteiger partial charge in [0.05, 0.1) is 6.10 Å². The summed E-state index contributed by atoms with van der Waals surface area (Å²) in [5, 5.41) is 19.0. The Hall–Kier alpha value is -1.62. The second kappa shape index (κ2) is 16.1. The number of carbonyl (C=O) groups is 2. The zero-order chi connectivity index (χ0) is 22.2. The minimum atomic E-state index is -0.816. The highest BCUT2D eigenvalue weighted by Gasteiger charge is 2.33. The van der Waals surface area contributed by atoms with Crippen molar-refractivity contribution in [3.63, 3.8) is 0 Å². The van der Waals surface area contributed by atoms with Gasteiger partial charge in [0.2, 0.25) is 0 Å². The SMILES string of the molecule is CCCCCCCCC(O)C=CC=CC1CCCC1C(CCCC(=O)O)OC(C)=O. The highest BCUT2D eigenvalue weighted by Crippen LogP contribution is 2.38. The summed E-state index contributed by atoms with van der Waals surface area (Å²) in [6.45, 7) is 3.63. The molecule has 0 aromatic heterocycles. The number of unbranched alkanes of at least 4 members (excludes halogenated alkanes) is 5. The van der Waals surface area contributed by atoms with Gasteiger partial charge in [-0.2, -0.15) is 0 Å². The number of rotatable bonds is 16. The average Bonchev–Trinajstić information content (AvgIpc) is 3.15. The molecule has 2 N–H and O–H groups in total. The third-order valence-corrected chi connectivity index (χ3v) is 5.96. The van der Waals surface area contributed by atoms with Gasteiger partial charge in [-0.05, 0) is 38.0 Å². The molecule has 5 nitrogen and oxygen atoms in total. The molecule has 172 valence electrons. The second-order valence-corrected chi connectivity index (χ2v) is 8.59. The fourth-order valence-corrected chi connectivity index (χ4v) is 4.38. The van der Waals surface area contributed by atoms with Crippen molar-refractivity contribution in [2.75, 3.05) is 0 Å². The van der Waals surface area contributed by atoms with Crippen LogP contribution >= 0.6 is 0 Å². The lowest BCUT2D eigenvalue weighted by Crippen LogP contribution is -2.28. The van der Waals surface area contributed by atoms with Gasteiger partial charge >= 0.3 is 11.9 Å². The average molecular weight is 423 g/mol. The van der Waals surface area contributed by atoms with E-state index in [4.69, 9.17) is 9.84 Å². The summed E-state index contributed by atoms with van der Waals surface area (Å²) in [5.41, 5.74) is 0. The monoisotopic (exact) mass is 422 g/mol. The van der Waals surface area contributed by atoms with E-state index in [0.29, 0.717) is 18.8 Å². The molecular formula is C25H42O5. The third-order valence-electron chi connectivity index (χ3n) is 5.96. The second-order valence-electron chi connectivity index (χ2n) is 8.59. The van der Waals surface area contributed by atoms with E-state index in [1.54, 1.807) is 0 Å². The zero-order valence-electron chi connectivity index (χ0n) is 18.9. The van der Waals surface area contributed by atoms with Crippen molar-refractivity contribution in [3.8, 4) is 0 Å². The first-order chi connectivity index (χ1) is 14.4. The van der Waals surface area contributed by atoms with Crippen LogP contribution in [-0.4, -0.2) is 34.4 Å². The third kappa shape index (κ3) is 12.2. The van der Waals surface area contributed by atoms with Crippen LogP contribution < -0.4 is 0 Å². The van der Waals surface area contributed by atoms with Gasteiger partial charge in [0, 0.05) is 19.3 Å². The number of hydrogen-bond acceptors (Lipinski definition) is 4. The van der Waals surface area contributed by atoms with Crippen molar-refractivity contribution in [1.82, 2.24) is 0 Å². The molecule has 0 amide bonds. The van der Waals surface area contributed by atoms with E-state index in [1.807, 2.05) is 18.2 Å². The molecule has 0 aromatic rings. The number of carbonyl (C=O) groups excluding carboxylic acids is 1. The van der Waals surface area contributed by atoms with Crippen LogP contribution in [0, 0.1) is 11.8 Å². The van der Waals surface area contributed by atoms with Crippen LogP contribution in [0.3, 0.4) is 0 Å². The lowest BCUT2D eigenvalue weighted by Gasteiger charge is -2.26. The number of carboxylic acid groups (broad SMARTS) is 1. The Morgan fingerprint density at radius 3 is 2.47 bits per heavy atom. The maximum Gasteiger partial charge on any atom is 0.303 e. The normalized spacial score (nSPS) is 21.3. The van der Waals surface area contributed by atoms with Gasteiger partial charge in [-0.3, -0.25) is 9.59 Å². The van der Waals surface area contributed by atoms with Crippen LogP contribution in [0.4, 0.5) is 0 Å². The molecule has 0 aliphatic heterocycles. The number of aliphatic carboxylic acids is 1. The number of esters is 1. The number of carboxylic acids is 1. The number of hydrogen-bond donors (Lipinski definition) is 2. The molecule has 5 heteroatoms. The Bertz CT molecular complexity index is 540. The zero-order valence-corrected chi connectivity index (χ0v) is 18.9. The molecule has 0 heterocycles. The molecular weight excluding hydrogens is 380 g/mol. The molecule has 0 aromatic carbocycles. The number of aliphatic hydroxyl groups is 1. The van der Waals surface area contributed by atoms with Gasteiger partial charge in [-0.25, -0.2) is 0 Å². The van der Waals surface area contributed by atoms with Crippen LogP contribution in [0.2, 0.25) is 0 Å². The van der Waals surface area contributed by atoms with E-state index in [9.17, 15) is 14.7 Å². The Kier molecular flexibility index (Phi) is 14.2. The Balaban J connectivity index is 2.44. The summed E-state index contributed by atoms with van der Waals surface area (Å²) in [4.78, 5) is 22.3. The minimum absolute atomic E-state index is 0.101. The molecule has 1 aliphatic rings. The van der Waals surface area contributed by atoms with Crippen molar-refractivity contribution in [2.45, 2.75) is 110 Å². The van der Waals surface area contributed by atoms with Crippen molar-refractivity contribution < 1.29 is 24.5 Å². The number of aliphatic hydroxyl groups excluding tert-OH is 1. The summed E-state index contributed by atoms with van der Waals surface area (Å²) >= 11 is 0. The van der Waals surface area contributed by atoms with E-state index in [2.05, 4.69) is 13.0 Å². The van der Waals surface area contributed by atoms with Crippen molar-refractivity contribution in [2.24, 2.45) is 11.8 Å². The maximum atomic E-state index is 11.5. The predicted octanol–water partition coefficient (Wildman–Crippen LogP) is 5.81. The van der Waals surface area contributed by atoms with E-state index in [-0.39, 0.29) is 24.4 Å². The van der Waals surface area contributed by atoms with Crippen LogP contribution in [0.25, 0.3) is 0 Å². The van der Waals surface area contributed by atoms with Crippen molar-refractivity contribution in [3.05, 3.63) is 24.3 Å². The van der Waals surface area contributed by atoms with Gasteiger partial charge in [0.25, 0.3) is 0 Å². The molecule has 0 radical (unpaired) electrons. The summed E-state index contributed by atoms with van der Waals surface area (Å²) in [7, 11) is 0. The fraction of sp³-hybridized carbons (Fsp3) is 0.760. The van der Waals surface area contributed by atoms with Crippen molar-refractivity contribution >= 4 is 11.9 Å². The molecule has 1 aliphatic carbocycles. The Morgan fingerprint density at radius 1 is 1.03 bits per heavy atom. The highest BCUT2D eigenvalue weighted by atomic mass is 16.5. The first-order valence-electron chi connectivity index (χ1n) is 11.9. The molecule has 4 unspecified atom stereocenters. The van der Waals surface area contributed by atoms with Crippen LogP contribution in [0.15, 0.2) is 24.3 Å². The molecule has 1 saturated carbocycles. The maximum absolute atomic E-state index is 11.5. The van der Waals surface area contributed by atoms with E-state index in [0.717, 1.165) is 32.1 Å². The van der Waals surface area contributed by atoms with Gasteiger partial charge in [-0.1, -0.05) is 76.2 Å². The first kappa shape index (κ1) is 26.4. The predicted molar refractivity (Wildman–Crippen MR) is 120 cm³/mol. The Morgan fingerprint density at radius 2 is 1.77 bits per heavy atom. The van der Waals surface area contributed by atoms with Crippen LogP contribution in [0.5, 0.6) is 0 Å². The largest absolute Gasteiger partial charge is 0.481 e. The Labute approximate surface area is 182 Å². The number of allylic oxidation sites excluding steroid dienone is 3.